The fourth-order valence-electron chi connectivity index (χ4n) is 2.55. The predicted octanol–water partition coefficient (Wildman–Crippen LogP) is 0.834. The zero-order valence-corrected chi connectivity index (χ0v) is 11.0. The quantitative estimate of drug-likeness (QED) is 0.761. The minimum Gasteiger partial charge on any atom is -0.298 e. The van der Waals surface area contributed by atoms with Gasteiger partial charge >= 0.3 is 0 Å². The summed E-state index contributed by atoms with van der Waals surface area (Å²) in [5.74, 6) is 0.844. The maximum atomic E-state index is 11.7. The first kappa shape index (κ1) is 12.3. The van der Waals surface area contributed by atoms with Gasteiger partial charge in [-0.25, -0.2) is 8.42 Å². The first-order valence-electron chi connectivity index (χ1n) is 6.10. The first-order chi connectivity index (χ1) is 9.11. The normalized spacial score (nSPS) is 22.4. The van der Waals surface area contributed by atoms with Crippen molar-refractivity contribution in [2.75, 3.05) is 11.5 Å². The van der Waals surface area contributed by atoms with Crippen LogP contribution in [0.1, 0.15) is 34.9 Å². The molecular weight excluding hydrogens is 266 g/mol. The van der Waals surface area contributed by atoms with Crippen LogP contribution in [0, 0.1) is 0 Å². The number of rotatable bonds is 2. The van der Waals surface area contributed by atoms with Crippen molar-refractivity contribution in [3.8, 4) is 0 Å². The summed E-state index contributed by atoms with van der Waals surface area (Å²) in [5.41, 5.74) is 0.940. The SMILES string of the molecule is O=Cc1cccn2c(C3CCCS(=O)(=O)C3)nnc12. The van der Waals surface area contributed by atoms with Gasteiger partial charge in [0.15, 0.2) is 21.8 Å². The van der Waals surface area contributed by atoms with E-state index in [4.69, 9.17) is 0 Å². The zero-order chi connectivity index (χ0) is 13.5. The Hall–Kier alpha value is -1.76. The van der Waals surface area contributed by atoms with Gasteiger partial charge in [0.25, 0.3) is 0 Å². The Labute approximate surface area is 110 Å². The van der Waals surface area contributed by atoms with Crippen molar-refractivity contribution in [2.45, 2.75) is 18.8 Å². The lowest BCUT2D eigenvalue weighted by molar-refractivity contribution is 0.112. The van der Waals surface area contributed by atoms with Crippen LogP contribution < -0.4 is 0 Å². The average molecular weight is 279 g/mol. The van der Waals surface area contributed by atoms with Gasteiger partial charge in [0.2, 0.25) is 0 Å². The Bertz CT molecular complexity index is 736. The highest BCUT2D eigenvalue weighted by Crippen LogP contribution is 2.27. The van der Waals surface area contributed by atoms with Crippen molar-refractivity contribution < 1.29 is 13.2 Å². The maximum absolute atomic E-state index is 11.7. The van der Waals surface area contributed by atoms with Gasteiger partial charge in [-0.3, -0.25) is 9.20 Å². The van der Waals surface area contributed by atoms with Crippen molar-refractivity contribution in [2.24, 2.45) is 0 Å². The Kier molecular flexibility index (Phi) is 2.85. The summed E-state index contributed by atoms with van der Waals surface area (Å²) in [7, 11) is -2.99. The van der Waals surface area contributed by atoms with Gasteiger partial charge in [-0.15, -0.1) is 10.2 Å². The molecule has 0 amide bonds. The van der Waals surface area contributed by atoms with Crippen LogP contribution in [0.2, 0.25) is 0 Å². The molecule has 0 saturated carbocycles. The van der Waals surface area contributed by atoms with Crippen molar-refractivity contribution in [1.29, 1.82) is 0 Å². The van der Waals surface area contributed by atoms with Crippen LogP contribution in [0.4, 0.5) is 0 Å². The molecule has 1 fully saturated rings. The molecule has 6 nitrogen and oxygen atoms in total. The summed E-state index contributed by atoms with van der Waals surface area (Å²) in [5, 5.41) is 8.08. The molecule has 3 rings (SSSR count). The molecule has 100 valence electrons. The highest BCUT2D eigenvalue weighted by Gasteiger charge is 2.29. The molecule has 7 heteroatoms. The highest BCUT2D eigenvalue weighted by atomic mass is 32.2. The standard InChI is InChI=1S/C12H13N3O3S/c16-7-9-3-1-5-15-11(9)13-14-12(15)10-4-2-6-19(17,18)8-10/h1,3,5,7,10H,2,4,6,8H2. The number of fused-ring (bicyclic) bond motifs is 1. The van der Waals surface area contributed by atoms with Crippen molar-refractivity contribution in [3.05, 3.63) is 29.7 Å². The molecule has 0 spiro atoms. The topological polar surface area (TPSA) is 81.4 Å². The Morgan fingerprint density at radius 2 is 2.21 bits per heavy atom. The monoisotopic (exact) mass is 279 g/mol. The zero-order valence-electron chi connectivity index (χ0n) is 10.2. The molecule has 0 aliphatic carbocycles. The van der Waals surface area contributed by atoms with E-state index in [1.807, 2.05) is 0 Å². The molecule has 0 radical (unpaired) electrons. The van der Waals surface area contributed by atoms with Crippen LogP contribution in [-0.2, 0) is 9.84 Å². The van der Waals surface area contributed by atoms with Crippen molar-refractivity contribution in [3.63, 3.8) is 0 Å². The minimum atomic E-state index is -2.99. The first-order valence-corrected chi connectivity index (χ1v) is 7.92. The van der Waals surface area contributed by atoms with Crippen LogP contribution >= 0.6 is 0 Å². The molecule has 19 heavy (non-hydrogen) atoms. The molecular formula is C12H13N3O3S. The molecule has 1 atom stereocenters. The van der Waals surface area contributed by atoms with E-state index in [2.05, 4.69) is 10.2 Å². The number of carbonyl (C=O) groups excluding carboxylic acids is 1. The number of hydrogen-bond acceptors (Lipinski definition) is 5. The fourth-order valence-corrected chi connectivity index (χ4v) is 4.25. The maximum Gasteiger partial charge on any atom is 0.171 e. The van der Waals surface area contributed by atoms with Gasteiger partial charge in [0, 0.05) is 12.1 Å². The second kappa shape index (κ2) is 4.41. The number of pyridine rings is 1. The lowest BCUT2D eigenvalue weighted by atomic mass is 10.0. The second-order valence-corrected chi connectivity index (χ2v) is 7.02. The molecule has 2 aromatic rings. The summed E-state index contributed by atoms with van der Waals surface area (Å²) >= 11 is 0. The molecule has 1 aliphatic heterocycles. The van der Waals surface area contributed by atoms with Crippen LogP contribution in [0.5, 0.6) is 0 Å². The Morgan fingerprint density at radius 1 is 1.37 bits per heavy atom. The van der Waals surface area contributed by atoms with E-state index >= 15 is 0 Å². The van der Waals surface area contributed by atoms with Gasteiger partial charge in [0.1, 0.15) is 5.82 Å². The Balaban J connectivity index is 2.08. The number of sulfone groups is 1. The van der Waals surface area contributed by atoms with Crippen LogP contribution in [-0.4, -0.2) is 40.8 Å². The molecule has 0 N–H and O–H groups in total. The number of nitrogens with zero attached hydrogens (tertiary/aromatic N) is 3. The molecule has 3 heterocycles. The lowest BCUT2D eigenvalue weighted by Crippen LogP contribution is -2.25. The smallest absolute Gasteiger partial charge is 0.171 e. The van der Waals surface area contributed by atoms with Gasteiger partial charge in [-0.05, 0) is 25.0 Å². The summed E-state index contributed by atoms with van der Waals surface area (Å²) in [6, 6.07) is 3.40. The molecule has 2 aromatic heterocycles. The van der Waals surface area contributed by atoms with Crippen molar-refractivity contribution >= 4 is 21.8 Å². The number of hydrogen-bond donors (Lipinski definition) is 0. The van der Waals surface area contributed by atoms with E-state index in [1.165, 1.54) is 0 Å². The highest BCUT2D eigenvalue weighted by molar-refractivity contribution is 7.91. The van der Waals surface area contributed by atoms with E-state index in [1.54, 1.807) is 22.7 Å². The van der Waals surface area contributed by atoms with Crippen LogP contribution in [0.3, 0.4) is 0 Å². The van der Waals surface area contributed by atoms with Crippen LogP contribution in [0.15, 0.2) is 18.3 Å². The van der Waals surface area contributed by atoms with Gasteiger partial charge in [-0.2, -0.15) is 0 Å². The van der Waals surface area contributed by atoms with Gasteiger partial charge in [0.05, 0.1) is 17.1 Å². The van der Waals surface area contributed by atoms with E-state index in [-0.39, 0.29) is 17.4 Å². The fraction of sp³-hybridized carbons (Fsp3) is 0.417. The number of aldehydes is 1. The van der Waals surface area contributed by atoms with E-state index in [9.17, 15) is 13.2 Å². The largest absolute Gasteiger partial charge is 0.298 e. The third kappa shape index (κ3) is 2.14. The molecule has 1 aliphatic rings. The summed E-state index contributed by atoms with van der Waals surface area (Å²) in [4.78, 5) is 10.9. The van der Waals surface area contributed by atoms with Crippen LogP contribution in [0.25, 0.3) is 5.65 Å². The summed E-state index contributed by atoms with van der Waals surface area (Å²) in [6.07, 6.45) is 3.92. The molecule has 0 aromatic carbocycles. The Morgan fingerprint density at radius 3 is 2.95 bits per heavy atom. The van der Waals surface area contributed by atoms with E-state index in [0.29, 0.717) is 23.5 Å². The van der Waals surface area contributed by atoms with E-state index in [0.717, 1.165) is 12.7 Å². The summed E-state index contributed by atoms with van der Waals surface area (Å²) in [6.45, 7) is 0. The minimum absolute atomic E-state index is 0.110. The van der Waals surface area contributed by atoms with Crippen molar-refractivity contribution in [1.82, 2.24) is 14.6 Å². The molecule has 0 bridgehead atoms. The van der Waals surface area contributed by atoms with E-state index < -0.39 is 9.84 Å². The second-order valence-electron chi connectivity index (χ2n) is 4.79. The average Bonchev–Trinajstić information content (AvgIpc) is 2.81. The number of aromatic nitrogens is 3. The third-order valence-electron chi connectivity index (χ3n) is 3.45. The lowest BCUT2D eigenvalue weighted by Gasteiger charge is -2.20. The van der Waals surface area contributed by atoms with Gasteiger partial charge < -0.3 is 0 Å². The van der Waals surface area contributed by atoms with Gasteiger partial charge in [-0.1, -0.05) is 0 Å². The number of carbonyl (C=O) groups is 1. The third-order valence-corrected chi connectivity index (χ3v) is 5.27. The molecule has 1 unspecified atom stereocenters. The summed E-state index contributed by atoms with van der Waals surface area (Å²) < 4.78 is 25.1. The molecule has 1 saturated heterocycles. The predicted molar refractivity (Wildman–Crippen MR) is 69.0 cm³/mol.